The molecule has 1 unspecified atom stereocenters. The molecular weight excluding hydrogens is 224 g/mol. The molecule has 1 aliphatic carbocycles. The van der Waals surface area contributed by atoms with Crippen molar-refractivity contribution in [2.45, 2.75) is 18.8 Å². The van der Waals surface area contributed by atoms with Crippen LogP contribution in [0.2, 0.25) is 0 Å². The molecule has 1 aliphatic rings. The van der Waals surface area contributed by atoms with Gasteiger partial charge in [-0.3, -0.25) is 0 Å². The number of hydrogen-bond acceptors (Lipinski definition) is 3. The Morgan fingerprint density at radius 3 is 2.83 bits per heavy atom. The highest BCUT2D eigenvalue weighted by atomic mass is 16.5. The SMILES string of the molecule is COCCNCCCNCC1Cc2ccccc21. The number of methoxy groups -OCH3 is 1. The maximum atomic E-state index is 4.98. The Bertz CT molecular complexity index is 354. The summed E-state index contributed by atoms with van der Waals surface area (Å²) in [5.41, 5.74) is 3.08. The van der Waals surface area contributed by atoms with Crippen molar-refractivity contribution < 1.29 is 4.74 Å². The maximum absolute atomic E-state index is 4.98. The first kappa shape index (κ1) is 13.5. The zero-order valence-electron chi connectivity index (χ0n) is 11.2. The predicted octanol–water partition coefficient (Wildman–Crippen LogP) is 1.54. The minimum atomic E-state index is 0.739. The number of rotatable bonds is 9. The van der Waals surface area contributed by atoms with E-state index in [0.29, 0.717) is 0 Å². The van der Waals surface area contributed by atoms with Crippen LogP contribution in [-0.2, 0) is 11.2 Å². The fraction of sp³-hybridized carbons (Fsp3) is 0.600. The molecule has 0 amide bonds. The lowest BCUT2D eigenvalue weighted by Gasteiger charge is -2.30. The van der Waals surface area contributed by atoms with Crippen LogP contribution in [-0.4, -0.2) is 39.9 Å². The Morgan fingerprint density at radius 2 is 2.00 bits per heavy atom. The van der Waals surface area contributed by atoms with Crippen LogP contribution in [0.4, 0.5) is 0 Å². The standard InChI is InChI=1S/C15H24N2O/c1-18-10-9-16-7-4-8-17-12-14-11-13-5-2-3-6-15(13)14/h2-3,5-6,14,16-17H,4,7-12H2,1H3. The maximum Gasteiger partial charge on any atom is 0.0587 e. The Balaban J connectivity index is 1.48. The fourth-order valence-electron chi connectivity index (χ4n) is 2.46. The van der Waals surface area contributed by atoms with Gasteiger partial charge < -0.3 is 15.4 Å². The quantitative estimate of drug-likeness (QED) is 0.650. The first-order chi connectivity index (χ1) is 8.92. The van der Waals surface area contributed by atoms with E-state index in [1.165, 1.54) is 18.4 Å². The number of ether oxygens (including phenoxy) is 1. The van der Waals surface area contributed by atoms with Crippen LogP contribution < -0.4 is 10.6 Å². The van der Waals surface area contributed by atoms with Gasteiger partial charge in [0.2, 0.25) is 0 Å². The smallest absolute Gasteiger partial charge is 0.0587 e. The van der Waals surface area contributed by atoms with E-state index >= 15 is 0 Å². The third kappa shape index (κ3) is 3.80. The molecule has 3 heteroatoms. The van der Waals surface area contributed by atoms with E-state index < -0.39 is 0 Å². The lowest BCUT2D eigenvalue weighted by atomic mass is 9.77. The average Bonchev–Trinajstić information content (AvgIpc) is 2.37. The summed E-state index contributed by atoms with van der Waals surface area (Å²) in [6.45, 7) is 5.03. The Kier molecular flexibility index (Phi) is 5.65. The molecule has 0 spiro atoms. The molecule has 0 aliphatic heterocycles. The first-order valence-corrected chi connectivity index (χ1v) is 6.90. The third-order valence-corrected chi connectivity index (χ3v) is 3.54. The number of benzene rings is 1. The summed E-state index contributed by atoms with van der Waals surface area (Å²) in [5, 5.41) is 6.90. The highest BCUT2D eigenvalue weighted by Crippen LogP contribution is 2.33. The minimum Gasteiger partial charge on any atom is -0.383 e. The minimum absolute atomic E-state index is 0.739. The van der Waals surface area contributed by atoms with Gasteiger partial charge in [-0.1, -0.05) is 24.3 Å². The van der Waals surface area contributed by atoms with Crippen LogP contribution in [0.25, 0.3) is 0 Å². The zero-order chi connectivity index (χ0) is 12.6. The van der Waals surface area contributed by atoms with E-state index in [1.807, 2.05) is 0 Å². The fourth-order valence-corrected chi connectivity index (χ4v) is 2.46. The van der Waals surface area contributed by atoms with Crippen LogP contribution in [0.1, 0.15) is 23.5 Å². The van der Waals surface area contributed by atoms with Gasteiger partial charge in [0, 0.05) is 26.1 Å². The molecular formula is C15H24N2O. The second-order valence-electron chi connectivity index (χ2n) is 4.90. The summed E-state index contributed by atoms with van der Waals surface area (Å²) in [6.07, 6.45) is 2.42. The molecule has 2 N–H and O–H groups in total. The van der Waals surface area contributed by atoms with E-state index in [4.69, 9.17) is 4.74 Å². The third-order valence-electron chi connectivity index (χ3n) is 3.54. The lowest BCUT2D eigenvalue weighted by Crippen LogP contribution is -2.31. The van der Waals surface area contributed by atoms with Gasteiger partial charge >= 0.3 is 0 Å². The highest BCUT2D eigenvalue weighted by molar-refractivity contribution is 5.40. The summed E-state index contributed by atoms with van der Waals surface area (Å²) in [4.78, 5) is 0. The first-order valence-electron chi connectivity index (χ1n) is 6.90. The van der Waals surface area contributed by atoms with Crippen molar-refractivity contribution in [2.75, 3.05) is 39.9 Å². The van der Waals surface area contributed by atoms with Crippen molar-refractivity contribution in [3.05, 3.63) is 35.4 Å². The Hall–Kier alpha value is -0.900. The normalized spacial score (nSPS) is 17.3. The molecule has 0 saturated carbocycles. The molecule has 0 saturated heterocycles. The van der Waals surface area contributed by atoms with E-state index in [9.17, 15) is 0 Å². The summed E-state index contributed by atoms with van der Waals surface area (Å²) in [6, 6.07) is 8.78. The van der Waals surface area contributed by atoms with E-state index in [0.717, 1.165) is 38.7 Å². The van der Waals surface area contributed by atoms with Crippen LogP contribution in [0.15, 0.2) is 24.3 Å². The van der Waals surface area contributed by atoms with Crippen LogP contribution in [0.3, 0.4) is 0 Å². The second-order valence-corrected chi connectivity index (χ2v) is 4.90. The zero-order valence-corrected chi connectivity index (χ0v) is 11.2. The van der Waals surface area contributed by atoms with E-state index in [2.05, 4.69) is 34.9 Å². The van der Waals surface area contributed by atoms with Crippen molar-refractivity contribution in [1.82, 2.24) is 10.6 Å². The summed E-state index contributed by atoms with van der Waals surface area (Å²) in [5.74, 6) is 0.739. The molecule has 0 heterocycles. The van der Waals surface area contributed by atoms with Gasteiger partial charge in [0.05, 0.1) is 6.61 Å². The molecule has 1 aromatic rings. The average molecular weight is 248 g/mol. The molecule has 1 atom stereocenters. The molecule has 0 bridgehead atoms. The summed E-state index contributed by atoms with van der Waals surface area (Å²) in [7, 11) is 1.74. The van der Waals surface area contributed by atoms with Crippen molar-refractivity contribution in [2.24, 2.45) is 0 Å². The summed E-state index contributed by atoms with van der Waals surface area (Å²) < 4.78 is 4.98. The van der Waals surface area contributed by atoms with E-state index in [-0.39, 0.29) is 0 Å². The molecule has 2 rings (SSSR count). The second kappa shape index (κ2) is 7.52. The van der Waals surface area contributed by atoms with Crippen LogP contribution in [0, 0.1) is 0 Å². The van der Waals surface area contributed by atoms with Gasteiger partial charge in [0.25, 0.3) is 0 Å². The predicted molar refractivity (Wildman–Crippen MR) is 75.1 cm³/mol. The van der Waals surface area contributed by atoms with Gasteiger partial charge in [-0.2, -0.15) is 0 Å². The molecule has 18 heavy (non-hydrogen) atoms. The van der Waals surface area contributed by atoms with Gasteiger partial charge in [0.1, 0.15) is 0 Å². The van der Waals surface area contributed by atoms with Gasteiger partial charge in [-0.05, 0) is 37.1 Å². The van der Waals surface area contributed by atoms with Crippen LogP contribution in [0.5, 0.6) is 0 Å². The number of hydrogen-bond donors (Lipinski definition) is 2. The topological polar surface area (TPSA) is 33.3 Å². The Labute approximate surface area is 110 Å². The van der Waals surface area contributed by atoms with Crippen LogP contribution >= 0.6 is 0 Å². The van der Waals surface area contributed by atoms with Crippen molar-refractivity contribution in [3.8, 4) is 0 Å². The largest absolute Gasteiger partial charge is 0.383 e. The molecule has 3 nitrogen and oxygen atoms in total. The highest BCUT2D eigenvalue weighted by Gasteiger charge is 2.24. The molecule has 100 valence electrons. The van der Waals surface area contributed by atoms with Gasteiger partial charge in [0.15, 0.2) is 0 Å². The van der Waals surface area contributed by atoms with Crippen molar-refractivity contribution in [1.29, 1.82) is 0 Å². The number of fused-ring (bicyclic) bond motifs is 1. The molecule has 0 radical (unpaired) electrons. The Morgan fingerprint density at radius 1 is 1.17 bits per heavy atom. The van der Waals surface area contributed by atoms with Gasteiger partial charge in [-0.15, -0.1) is 0 Å². The summed E-state index contributed by atoms with van der Waals surface area (Å²) >= 11 is 0. The number of nitrogens with one attached hydrogen (secondary N) is 2. The van der Waals surface area contributed by atoms with Crippen molar-refractivity contribution in [3.63, 3.8) is 0 Å². The monoisotopic (exact) mass is 248 g/mol. The molecule has 0 fully saturated rings. The molecule has 1 aromatic carbocycles. The molecule has 0 aromatic heterocycles. The van der Waals surface area contributed by atoms with Gasteiger partial charge in [-0.25, -0.2) is 0 Å². The lowest BCUT2D eigenvalue weighted by molar-refractivity contribution is 0.199. The van der Waals surface area contributed by atoms with E-state index in [1.54, 1.807) is 12.7 Å². The van der Waals surface area contributed by atoms with Crippen molar-refractivity contribution >= 4 is 0 Å².